The Morgan fingerprint density at radius 1 is 1.06 bits per heavy atom. The highest BCUT2D eigenvalue weighted by atomic mass is 19.1. The van der Waals surface area contributed by atoms with Crippen LogP contribution >= 0.6 is 0 Å². The second-order valence-corrected chi connectivity index (χ2v) is 9.32. The van der Waals surface area contributed by atoms with E-state index in [1.165, 1.54) is 43.1 Å². The first-order chi connectivity index (χ1) is 15.1. The van der Waals surface area contributed by atoms with Gasteiger partial charge in [-0.15, -0.1) is 0 Å². The molecule has 2 aliphatic rings. The zero-order chi connectivity index (χ0) is 21.4. The van der Waals surface area contributed by atoms with E-state index >= 15 is 4.39 Å². The molecule has 1 fully saturated rings. The molecule has 0 saturated heterocycles. The van der Waals surface area contributed by atoms with Crippen molar-refractivity contribution < 1.29 is 14.2 Å². The van der Waals surface area contributed by atoms with Gasteiger partial charge in [0.25, 0.3) is 0 Å². The second kappa shape index (κ2) is 8.31. The van der Waals surface area contributed by atoms with E-state index in [2.05, 4.69) is 41.0 Å². The largest absolute Gasteiger partial charge is 0.487 e. The Bertz CT molecular complexity index is 1070. The van der Waals surface area contributed by atoms with Gasteiger partial charge >= 0.3 is 0 Å². The van der Waals surface area contributed by atoms with E-state index < -0.39 is 11.8 Å². The molecule has 1 N–H and O–H groups in total. The number of halogens is 1. The van der Waals surface area contributed by atoms with Crippen molar-refractivity contribution in [2.75, 3.05) is 6.61 Å². The lowest BCUT2D eigenvalue weighted by atomic mass is 9.81. The zero-order valence-electron chi connectivity index (χ0n) is 18.3. The van der Waals surface area contributed by atoms with E-state index in [9.17, 15) is 5.11 Å². The first kappa shape index (κ1) is 20.6. The normalized spacial score (nSPS) is 24.2. The van der Waals surface area contributed by atoms with Crippen molar-refractivity contribution in [3.63, 3.8) is 0 Å². The fourth-order valence-electron chi connectivity index (χ4n) is 5.70. The van der Waals surface area contributed by atoms with Gasteiger partial charge in [0.2, 0.25) is 0 Å². The van der Waals surface area contributed by atoms with E-state index in [0.29, 0.717) is 12.3 Å². The highest BCUT2D eigenvalue weighted by Crippen LogP contribution is 2.48. The second-order valence-electron chi connectivity index (χ2n) is 9.32. The topological polar surface area (TPSA) is 34.4 Å². The van der Waals surface area contributed by atoms with Gasteiger partial charge in [0.15, 0.2) is 5.67 Å². The SMILES string of the molecule is CC1Oc2ccccc2-c2c(C3CCCCC3)c3ccccc3n2CC1(F)CCCO. The summed E-state index contributed by atoms with van der Waals surface area (Å²) < 4.78 is 25.0. The quantitative estimate of drug-likeness (QED) is 0.514. The summed E-state index contributed by atoms with van der Waals surface area (Å²) in [4.78, 5) is 0. The summed E-state index contributed by atoms with van der Waals surface area (Å²) in [6, 6.07) is 16.6. The average Bonchev–Trinajstić information content (AvgIpc) is 3.11. The van der Waals surface area contributed by atoms with Crippen LogP contribution in [0.5, 0.6) is 5.75 Å². The highest BCUT2D eigenvalue weighted by Gasteiger charge is 2.42. The van der Waals surface area contributed by atoms with Crippen molar-refractivity contribution in [2.45, 2.75) is 76.1 Å². The van der Waals surface area contributed by atoms with E-state index in [-0.39, 0.29) is 19.6 Å². The number of para-hydroxylation sites is 2. The van der Waals surface area contributed by atoms with Crippen LogP contribution in [0.2, 0.25) is 0 Å². The number of aromatic nitrogens is 1. The van der Waals surface area contributed by atoms with Crippen LogP contribution in [0.25, 0.3) is 22.2 Å². The van der Waals surface area contributed by atoms with Crippen LogP contribution in [0.4, 0.5) is 4.39 Å². The van der Waals surface area contributed by atoms with Crippen LogP contribution in [0.3, 0.4) is 0 Å². The lowest BCUT2D eigenvalue weighted by Gasteiger charge is -2.36. The Morgan fingerprint density at radius 3 is 2.61 bits per heavy atom. The molecule has 5 rings (SSSR count). The standard InChI is InChI=1S/C27H32FNO2/c1-19-27(28,16-9-17-30)18-29-23-14-7-5-12-21(23)25(20-10-3-2-4-11-20)26(29)22-13-6-8-15-24(22)31-19/h5-8,12-15,19-20,30H,2-4,9-11,16-18H2,1H3. The number of hydrogen-bond acceptors (Lipinski definition) is 2. The predicted molar refractivity (Wildman–Crippen MR) is 123 cm³/mol. The first-order valence-corrected chi connectivity index (χ1v) is 11.8. The van der Waals surface area contributed by atoms with Crippen LogP contribution in [0, 0.1) is 0 Å². The van der Waals surface area contributed by atoms with E-state index in [1.807, 2.05) is 19.1 Å². The third-order valence-electron chi connectivity index (χ3n) is 7.37. The van der Waals surface area contributed by atoms with Crippen molar-refractivity contribution in [3.8, 4) is 17.0 Å². The molecule has 2 atom stereocenters. The molecule has 0 bridgehead atoms. The van der Waals surface area contributed by atoms with Crippen LogP contribution in [0.1, 0.15) is 63.4 Å². The molecular weight excluding hydrogens is 389 g/mol. The van der Waals surface area contributed by atoms with Crippen LogP contribution < -0.4 is 4.74 Å². The molecule has 1 aliphatic heterocycles. The number of alkyl halides is 1. The molecule has 0 radical (unpaired) electrons. The monoisotopic (exact) mass is 421 g/mol. The van der Waals surface area contributed by atoms with Gasteiger partial charge in [-0.2, -0.15) is 0 Å². The number of ether oxygens (including phenoxy) is 1. The number of hydrogen-bond donors (Lipinski definition) is 1. The molecule has 1 aromatic heterocycles. The Kier molecular flexibility index (Phi) is 5.51. The van der Waals surface area contributed by atoms with E-state index in [0.717, 1.165) is 22.5 Å². The zero-order valence-corrected chi connectivity index (χ0v) is 18.3. The molecule has 3 aromatic rings. The van der Waals surface area contributed by atoms with E-state index in [1.54, 1.807) is 0 Å². The number of fused-ring (bicyclic) bond motifs is 5. The number of benzene rings is 2. The Hall–Kier alpha value is -2.33. The fraction of sp³-hybridized carbons (Fsp3) is 0.481. The van der Waals surface area contributed by atoms with Crippen molar-refractivity contribution in [1.82, 2.24) is 4.57 Å². The third-order valence-corrected chi connectivity index (χ3v) is 7.37. The minimum atomic E-state index is -1.56. The molecule has 0 amide bonds. The Labute approximate surface area is 183 Å². The fourth-order valence-corrected chi connectivity index (χ4v) is 5.70. The van der Waals surface area contributed by atoms with Gasteiger partial charge in [-0.1, -0.05) is 49.6 Å². The smallest absolute Gasteiger partial charge is 0.165 e. The summed E-state index contributed by atoms with van der Waals surface area (Å²) in [5, 5.41) is 10.7. The van der Waals surface area contributed by atoms with Crippen molar-refractivity contribution >= 4 is 10.9 Å². The minimum Gasteiger partial charge on any atom is -0.487 e. The predicted octanol–water partition coefficient (Wildman–Crippen LogP) is 6.62. The average molecular weight is 422 g/mol. The lowest BCUT2D eigenvalue weighted by Crippen LogP contribution is -2.45. The highest BCUT2D eigenvalue weighted by molar-refractivity contribution is 5.93. The molecule has 0 spiro atoms. The summed E-state index contributed by atoms with van der Waals surface area (Å²) in [5.74, 6) is 1.24. The van der Waals surface area contributed by atoms with Gasteiger partial charge in [-0.25, -0.2) is 4.39 Å². The summed E-state index contributed by atoms with van der Waals surface area (Å²) in [5.41, 5.74) is 3.10. The van der Waals surface area contributed by atoms with Gasteiger partial charge in [0.05, 0.1) is 12.2 Å². The molecular formula is C27H32FNO2. The molecule has 164 valence electrons. The number of nitrogens with zero attached hydrogens (tertiary/aromatic N) is 1. The Balaban J connectivity index is 1.79. The molecule has 31 heavy (non-hydrogen) atoms. The maximum atomic E-state index is 16.5. The Morgan fingerprint density at radius 2 is 1.81 bits per heavy atom. The number of aliphatic hydroxyl groups excluding tert-OH is 1. The summed E-state index contributed by atoms with van der Waals surface area (Å²) >= 11 is 0. The molecule has 4 heteroatoms. The summed E-state index contributed by atoms with van der Waals surface area (Å²) in [6.07, 6.45) is 6.28. The molecule has 1 aliphatic carbocycles. The molecule has 3 nitrogen and oxygen atoms in total. The van der Waals surface area contributed by atoms with Gasteiger partial charge in [0.1, 0.15) is 11.9 Å². The van der Waals surface area contributed by atoms with Crippen LogP contribution in [0.15, 0.2) is 48.5 Å². The van der Waals surface area contributed by atoms with Crippen LogP contribution in [-0.4, -0.2) is 28.1 Å². The minimum absolute atomic E-state index is 0.0123. The maximum absolute atomic E-state index is 16.5. The third kappa shape index (κ3) is 3.55. The van der Waals surface area contributed by atoms with Gasteiger partial charge in [-0.05, 0) is 62.3 Å². The summed E-state index contributed by atoms with van der Waals surface area (Å²) in [7, 11) is 0. The van der Waals surface area contributed by atoms with Crippen molar-refractivity contribution in [3.05, 3.63) is 54.1 Å². The number of rotatable bonds is 4. The molecule has 2 unspecified atom stereocenters. The van der Waals surface area contributed by atoms with Crippen molar-refractivity contribution in [2.24, 2.45) is 0 Å². The van der Waals surface area contributed by atoms with E-state index in [4.69, 9.17) is 4.74 Å². The van der Waals surface area contributed by atoms with Crippen molar-refractivity contribution in [1.29, 1.82) is 0 Å². The van der Waals surface area contributed by atoms with Gasteiger partial charge in [-0.3, -0.25) is 0 Å². The van der Waals surface area contributed by atoms with Crippen LogP contribution in [-0.2, 0) is 6.54 Å². The summed E-state index contributed by atoms with van der Waals surface area (Å²) in [6.45, 7) is 2.06. The maximum Gasteiger partial charge on any atom is 0.165 e. The molecule has 2 heterocycles. The number of aliphatic hydroxyl groups is 1. The van der Waals surface area contributed by atoms with Gasteiger partial charge in [0, 0.05) is 23.1 Å². The lowest BCUT2D eigenvalue weighted by molar-refractivity contribution is -0.00578. The first-order valence-electron chi connectivity index (χ1n) is 11.8. The molecule has 2 aromatic carbocycles. The molecule has 1 saturated carbocycles. The van der Waals surface area contributed by atoms with Gasteiger partial charge < -0.3 is 14.4 Å².